The van der Waals surface area contributed by atoms with Crippen LogP contribution in [0.4, 0.5) is 0 Å². The summed E-state index contributed by atoms with van der Waals surface area (Å²) in [5, 5.41) is 13.0. The van der Waals surface area contributed by atoms with E-state index in [-0.39, 0.29) is 12.1 Å². The Morgan fingerprint density at radius 3 is 2.43 bits per heavy atom. The molecule has 0 aromatic heterocycles. The number of carbonyl (C=O) groups is 1. The van der Waals surface area contributed by atoms with E-state index in [1.165, 1.54) is 0 Å². The molecular formula is C19H21NO3. The van der Waals surface area contributed by atoms with Crippen LogP contribution in [0.2, 0.25) is 0 Å². The molecule has 0 bridgehead atoms. The number of methoxy groups -OCH3 is 1. The monoisotopic (exact) mass is 311 g/mol. The minimum Gasteiger partial charge on any atom is -0.497 e. The van der Waals surface area contributed by atoms with E-state index in [1.54, 1.807) is 7.11 Å². The predicted octanol–water partition coefficient (Wildman–Crippen LogP) is 3.66. The third-order valence-electron chi connectivity index (χ3n) is 4.58. The van der Waals surface area contributed by atoms with E-state index in [2.05, 4.69) is 12.2 Å². The van der Waals surface area contributed by atoms with Crippen molar-refractivity contribution in [3.8, 4) is 5.75 Å². The molecule has 4 nitrogen and oxygen atoms in total. The van der Waals surface area contributed by atoms with Crippen LogP contribution in [0.25, 0.3) is 0 Å². The van der Waals surface area contributed by atoms with Crippen molar-refractivity contribution < 1.29 is 14.6 Å². The van der Waals surface area contributed by atoms with Gasteiger partial charge < -0.3 is 15.2 Å². The summed E-state index contributed by atoms with van der Waals surface area (Å²) in [6.45, 7) is 2.10. The number of nitrogens with one attached hydrogen (secondary N) is 1. The van der Waals surface area contributed by atoms with E-state index in [0.717, 1.165) is 22.4 Å². The van der Waals surface area contributed by atoms with Crippen LogP contribution >= 0.6 is 0 Å². The van der Waals surface area contributed by atoms with E-state index in [0.29, 0.717) is 6.42 Å². The van der Waals surface area contributed by atoms with Crippen molar-refractivity contribution in [1.82, 2.24) is 5.32 Å². The second-order valence-electron chi connectivity index (χ2n) is 5.97. The molecule has 0 aliphatic heterocycles. The largest absolute Gasteiger partial charge is 0.497 e. The Labute approximate surface area is 136 Å². The highest BCUT2D eigenvalue weighted by Crippen LogP contribution is 2.41. The second-order valence-corrected chi connectivity index (χ2v) is 5.97. The molecule has 2 aromatic carbocycles. The van der Waals surface area contributed by atoms with E-state index in [1.807, 2.05) is 48.5 Å². The fourth-order valence-corrected chi connectivity index (χ4v) is 3.32. The van der Waals surface area contributed by atoms with Crippen LogP contribution in [0, 0.1) is 0 Å². The van der Waals surface area contributed by atoms with Gasteiger partial charge in [0.25, 0.3) is 0 Å². The molecule has 0 radical (unpaired) electrons. The fourth-order valence-electron chi connectivity index (χ4n) is 3.32. The standard InChI is InChI=1S/C19H21NO3/c1-12(13-7-9-14(23-2)10-8-13)20-18-11-17(19(21)22)15-5-3-4-6-16(15)18/h3-10,12,17-18,20H,11H2,1-2H3,(H,21,22)/t12-,17?,18-/m0/s1. The van der Waals surface area contributed by atoms with Gasteiger partial charge in [0.1, 0.15) is 5.75 Å². The first-order valence-corrected chi connectivity index (χ1v) is 7.81. The topological polar surface area (TPSA) is 58.6 Å². The summed E-state index contributed by atoms with van der Waals surface area (Å²) in [7, 11) is 1.65. The maximum absolute atomic E-state index is 11.5. The molecule has 2 aromatic rings. The van der Waals surface area contributed by atoms with Gasteiger partial charge in [0, 0.05) is 12.1 Å². The van der Waals surface area contributed by atoms with Gasteiger partial charge in [-0.05, 0) is 42.2 Å². The number of fused-ring (bicyclic) bond motifs is 1. The molecule has 3 atom stereocenters. The maximum Gasteiger partial charge on any atom is 0.311 e. The smallest absolute Gasteiger partial charge is 0.311 e. The molecule has 0 spiro atoms. The Morgan fingerprint density at radius 2 is 1.83 bits per heavy atom. The van der Waals surface area contributed by atoms with Crippen LogP contribution in [0.15, 0.2) is 48.5 Å². The van der Waals surface area contributed by atoms with Gasteiger partial charge in [-0.15, -0.1) is 0 Å². The molecule has 0 amide bonds. The number of ether oxygens (including phenoxy) is 1. The Kier molecular flexibility index (Phi) is 4.35. The molecule has 1 unspecified atom stereocenters. The SMILES string of the molecule is COc1ccc([C@H](C)N[C@H]2CC(C(=O)O)c3ccccc32)cc1. The first-order chi connectivity index (χ1) is 11.1. The summed E-state index contributed by atoms with van der Waals surface area (Å²) >= 11 is 0. The van der Waals surface area contributed by atoms with Gasteiger partial charge in [-0.2, -0.15) is 0 Å². The molecule has 0 fully saturated rings. The Balaban J connectivity index is 1.78. The van der Waals surface area contributed by atoms with Crippen LogP contribution in [-0.2, 0) is 4.79 Å². The van der Waals surface area contributed by atoms with Crippen LogP contribution in [0.1, 0.15) is 48.0 Å². The van der Waals surface area contributed by atoms with Gasteiger partial charge in [0.05, 0.1) is 13.0 Å². The molecule has 23 heavy (non-hydrogen) atoms. The lowest BCUT2D eigenvalue weighted by atomic mass is 10.0. The number of rotatable bonds is 5. The maximum atomic E-state index is 11.5. The Bertz CT molecular complexity index is 696. The average Bonchev–Trinajstić information content (AvgIpc) is 2.94. The van der Waals surface area contributed by atoms with E-state index >= 15 is 0 Å². The molecule has 0 heterocycles. The number of benzene rings is 2. The molecule has 120 valence electrons. The highest BCUT2D eigenvalue weighted by Gasteiger charge is 2.35. The lowest BCUT2D eigenvalue weighted by Crippen LogP contribution is -2.23. The zero-order valence-corrected chi connectivity index (χ0v) is 13.3. The second kappa shape index (κ2) is 6.42. The number of aliphatic carboxylic acids is 1. The lowest BCUT2D eigenvalue weighted by Gasteiger charge is -2.21. The quantitative estimate of drug-likeness (QED) is 0.885. The molecule has 0 saturated heterocycles. The van der Waals surface area contributed by atoms with Crippen LogP contribution < -0.4 is 10.1 Å². The van der Waals surface area contributed by atoms with Gasteiger partial charge in [0.15, 0.2) is 0 Å². The predicted molar refractivity (Wildman–Crippen MR) is 88.7 cm³/mol. The van der Waals surface area contributed by atoms with Crippen LogP contribution in [0.3, 0.4) is 0 Å². The lowest BCUT2D eigenvalue weighted by molar-refractivity contribution is -0.138. The number of carboxylic acids is 1. The summed E-state index contributed by atoms with van der Waals surface area (Å²) in [6, 6.07) is 16.0. The molecule has 3 rings (SSSR count). The van der Waals surface area contributed by atoms with Crippen molar-refractivity contribution in [2.45, 2.75) is 31.3 Å². The summed E-state index contributed by atoms with van der Waals surface area (Å²) in [5.41, 5.74) is 3.18. The fraction of sp³-hybridized carbons (Fsp3) is 0.316. The first-order valence-electron chi connectivity index (χ1n) is 7.81. The van der Waals surface area contributed by atoms with Gasteiger partial charge in [0.2, 0.25) is 0 Å². The van der Waals surface area contributed by atoms with Crippen molar-refractivity contribution in [1.29, 1.82) is 0 Å². The number of hydrogen-bond acceptors (Lipinski definition) is 3. The third kappa shape index (κ3) is 3.08. The first kappa shape index (κ1) is 15.6. The van der Waals surface area contributed by atoms with Crippen molar-refractivity contribution in [3.05, 3.63) is 65.2 Å². The zero-order valence-electron chi connectivity index (χ0n) is 13.3. The molecule has 4 heteroatoms. The normalized spacial score (nSPS) is 20.8. The molecular weight excluding hydrogens is 290 g/mol. The number of hydrogen-bond donors (Lipinski definition) is 2. The van der Waals surface area contributed by atoms with Crippen molar-refractivity contribution in [2.75, 3.05) is 7.11 Å². The highest BCUT2D eigenvalue weighted by molar-refractivity contribution is 5.78. The minimum atomic E-state index is -0.751. The van der Waals surface area contributed by atoms with Crippen molar-refractivity contribution in [2.24, 2.45) is 0 Å². The van der Waals surface area contributed by atoms with Gasteiger partial charge >= 0.3 is 5.97 Å². The highest BCUT2D eigenvalue weighted by atomic mass is 16.5. The van der Waals surface area contributed by atoms with Gasteiger partial charge in [-0.25, -0.2) is 0 Å². The van der Waals surface area contributed by atoms with Gasteiger partial charge in [-0.1, -0.05) is 36.4 Å². The van der Waals surface area contributed by atoms with Gasteiger partial charge in [-0.3, -0.25) is 4.79 Å². The van der Waals surface area contributed by atoms with Crippen molar-refractivity contribution in [3.63, 3.8) is 0 Å². The Morgan fingerprint density at radius 1 is 1.17 bits per heavy atom. The number of carboxylic acid groups (broad SMARTS) is 1. The molecule has 1 aliphatic rings. The summed E-state index contributed by atoms with van der Waals surface area (Å²) in [5.74, 6) is -0.344. The van der Waals surface area contributed by atoms with Crippen molar-refractivity contribution >= 4 is 5.97 Å². The van der Waals surface area contributed by atoms with Crippen LogP contribution in [0.5, 0.6) is 5.75 Å². The zero-order chi connectivity index (χ0) is 16.4. The molecule has 0 saturated carbocycles. The van der Waals surface area contributed by atoms with Crippen LogP contribution in [-0.4, -0.2) is 18.2 Å². The summed E-state index contributed by atoms with van der Waals surface area (Å²) in [6.07, 6.45) is 0.592. The molecule has 1 aliphatic carbocycles. The average molecular weight is 311 g/mol. The molecule has 2 N–H and O–H groups in total. The summed E-state index contributed by atoms with van der Waals surface area (Å²) in [4.78, 5) is 11.5. The van der Waals surface area contributed by atoms with E-state index in [4.69, 9.17) is 4.74 Å². The van der Waals surface area contributed by atoms with E-state index in [9.17, 15) is 9.90 Å². The van der Waals surface area contributed by atoms with E-state index < -0.39 is 11.9 Å². The minimum absolute atomic E-state index is 0.0596. The summed E-state index contributed by atoms with van der Waals surface area (Å²) < 4.78 is 5.18. The third-order valence-corrected chi connectivity index (χ3v) is 4.58. The Hall–Kier alpha value is -2.33.